The molecular formula is C34H63ClN2O6S. The minimum absolute atomic E-state index is 0.152. The Hall–Kier alpha value is -0.580. The Morgan fingerprint density at radius 1 is 0.955 bits per heavy atom. The number of alkyl halides is 1. The van der Waals surface area contributed by atoms with Crippen LogP contribution in [0.3, 0.4) is 0 Å². The number of aliphatic hydroxyl groups is 2. The lowest BCUT2D eigenvalue weighted by atomic mass is 9.92. The van der Waals surface area contributed by atoms with Gasteiger partial charge in [0, 0.05) is 13.0 Å². The number of rotatable bonds is 22. The Bertz CT molecular complexity index is 806. The van der Waals surface area contributed by atoms with Crippen molar-refractivity contribution >= 4 is 35.2 Å². The molecular weight excluding hydrogens is 600 g/mol. The first kappa shape index (κ1) is 39.6. The molecule has 8 nitrogen and oxygen atoms in total. The zero-order chi connectivity index (χ0) is 32.5. The highest BCUT2D eigenvalue weighted by molar-refractivity contribution is 7.99. The maximum atomic E-state index is 13.3. The van der Waals surface area contributed by atoms with Crippen LogP contribution in [0, 0.1) is 5.92 Å². The van der Waals surface area contributed by atoms with Crippen molar-refractivity contribution in [2.75, 3.05) is 19.8 Å². The average molecular weight is 663 g/mol. The normalized spacial score (nSPS) is 29.0. The van der Waals surface area contributed by atoms with Crippen molar-refractivity contribution in [2.24, 2.45) is 5.92 Å². The molecule has 0 saturated carbocycles. The van der Waals surface area contributed by atoms with E-state index in [9.17, 15) is 19.8 Å². The minimum Gasteiger partial charge on any atom is -0.456 e. The molecule has 2 fully saturated rings. The molecule has 0 spiro atoms. The lowest BCUT2D eigenvalue weighted by Gasteiger charge is -2.45. The highest BCUT2D eigenvalue weighted by Crippen LogP contribution is 2.33. The van der Waals surface area contributed by atoms with Crippen LogP contribution in [0.2, 0.25) is 0 Å². The Labute approximate surface area is 277 Å². The average Bonchev–Trinajstić information content (AvgIpc) is 3.36. The number of nitrogens with one attached hydrogen (secondary N) is 1. The Morgan fingerprint density at radius 2 is 1.52 bits per heavy atom. The van der Waals surface area contributed by atoms with Crippen LogP contribution in [0.4, 0.5) is 0 Å². The fourth-order valence-corrected chi connectivity index (χ4v) is 7.65. The number of unbranched alkanes of at least 4 members (excludes halogenated alkanes) is 12. The molecule has 44 heavy (non-hydrogen) atoms. The van der Waals surface area contributed by atoms with Crippen LogP contribution in [0.15, 0.2) is 0 Å². The van der Waals surface area contributed by atoms with E-state index in [1.54, 1.807) is 13.2 Å². The summed E-state index contributed by atoms with van der Waals surface area (Å²) in [4.78, 5) is 28.0. The number of hydrogen-bond acceptors (Lipinski definition) is 8. The molecule has 0 aromatic carbocycles. The van der Waals surface area contributed by atoms with E-state index in [4.69, 9.17) is 21.1 Å². The van der Waals surface area contributed by atoms with Crippen molar-refractivity contribution in [2.45, 2.75) is 177 Å². The van der Waals surface area contributed by atoms with Gasteiger partial charge in [-0.05, 0) is 45.4 Å². The van der Waals surface area contributed by atoms with Crippen molar-refractivity contribution < 1.29 is 29.3 Å². The number of carbonyl (C=O) groups excluding carboxylic acids is 2. The quantitative estimate of drug-likeness (QED) is 0.0693. The summed E-state index contributed by atoms with van der Waals surface area (Å²) in [5, 5.41) is 24.6. The summed E-state index contributed by atoms with van der Waals surface area (Å²) in [7, 11) is 1.95. The van der Waals surface area contributed by atoms with Gasteiger partial charge in [-0.1, -0.05) is 97.3 Å². The maximum Gasteiger partial charge on any atom is 0.306 e. The van der Waals surface area contributed by atoms with Gasteiger partial charge in [0.2, 0.25) is 5.91 Å². The van der Waals surface area contributed by atoms with E-state index in [-0.39, 0.29) is 18.4 Å². The fourth-order valence-electron chi connectivity index (χ4n) is 6.72. The molecule has 9 atom stereocenters. The number of likely N-dealkylation sites (N-methyl/N-ethyl adjacent to an activating group) is 1. The van der Waals surface area contributed by atoms with Crippen molar-refractivity contribution in [3.63, 3.8) is 0 Å². The predicted molar refractivity (Wildman–Crippen MR) is 181 cm³/mol. The van der Waals surface area contributed by atoms with Gasteiger partial charge in [0.1, 0.15) is 23.7 Å². The highest BCUT2D eigenvalue weighted by atomic mass is 35.5. The van der Waals surface area contributed by atoms with Gasteiger partial charge in [-0.25, -0.2) is 0 Å². The predicted octanol–water partition coefficient (Wildman–Crippen LogP) is 6.42. The van der Waals surface area contributed by atoms with E-state index >= 15 is 0 Å². The molecule has 0 aliphatic carbocycles. The van der Waals surface area contributed by atoms with Gasteiger partial charge in [-0.15, -0.1) is 23.4 Å². The number of likely N-dealkylation sites (tertiary alicyclic amines) is 1. The van der Waals surface area contributed by atoms with E-state index in [1.165, 1.54) is 76.0 Å². The maximum absolute atomic E-state index is 13.3. The third kappa shape index (κ3) is 13.3. The van der Waals surface area contributed by atoms with Crippen molar-refractivity contribution in [1.29, 1.82) is 0 Å². The topological polar surface area (TPSA) is 108 Å². The number of thioether (sulfide) groups is 1. The summed E-state index contributed by atoms with van der Waals surface area (Å²) < 4.78 is 11.9. The number of esters is 1. The van der Waals surface area contributed by atoms with Gasteiger partial charge in [-0.2, -0.15) is 0 Å². The molecule has 2 saturated heterocycles. The molecule has 2 rings (SSSR count). The standard InChI is InChI=1S/C34H63ClN2O6S/c1-6-8-9-10-11-12-13-14-15-16-17-18-19-21-27(38)42-32-30(40)29(39)31(43-34(32)44-5)28(24(3)35)36-33(41)26-22-25(20-7-2)23-37(26)4/h24-26,28-32,34,39-40H,6-23H2,1-5H3,(H,36,41)/t24?,25-,26+,28-,29-,30?,31-,32?,34-/m1/s1. The number of hydrogen-bond donors (Lipinski definition) is 3. The van der Waals surface area contributed by atoms with Gasteiger partial charge >= 0.3 is 5.97 Å². The Balaban J connectivity index is 1.76. The van der Waals surface area contributed by atoms with Crippen LogP contribution in [0.5, 0.6) is 0 Å². The van der Waals surface area contributed by atoms with Gasteiger partial charge in [0.15, 0.2) is 6.10 Å². The number of halogens is 1. The van der Waals surface area contributed by atoms with E-state index < -0.39 is 47.2 Å². The molecule has 1 amide bonds. The molecule has 3 N–H and O–H groups in total. The van der Waals surface area contributed by atoms with Gasteiger partial charge in [0.05, 0.1) is 17.5 Å². The number of carbonyl (C=O) groups is 2. The molecule has 0 aromatic heterocycles. The van der Waals surface area contributed by atoms with Crippen molar-refractivity contribution in [1.82, 2.24) is 10.2 Å². The zero-order valence-electron chi connectivity index (χ0n) is 28.2. The zero-order valence-corrected chi connectivity index (χ0v) is 29.8. The van der Waals surface area contributed by atoms with Crippen molar-refractivity contribution in [3.8, 4) is 0 Å². The molecule has 2 aliphatic rings. The first-order chi connectivity index (χ1) is 21.1. The SMILES string of the molecule is CCCCCCCCCCCCCCCC(=O)OC1C(O)[C@@H](O)[C@@H]([C@H](NC(=O)[C@@H]2C[C@@H](CCC)CN2C)C(C)Cl)O[C@@H]1SC. The Morgan fingerprint density at radius 3 is 2.05 bits per heavy atom. The van der Waals surface area contributed by atoms with E-state index in [0.717, 1.165) is 45.1 Å². The molecule has 3 unspecified atom stereocenters. The molecule has 0 aromatic rings. The second-order valence-electron chi connectivity index (χ2n) is 13.2. The third-order valence-electron chi connectivity index (χ3n) is 9.36. The van der Waals surface area contributed by atoms with Crippen LogP contribution in [0.1, 0.15) is 130 Å². The second kappa shape index (κ2) is 22.1. The number of aliphatic hydroxyl groups excluding tert-OH is 2. The van der Waals surface area contributed by atoms with Gasteiger partial charge < -0.3 is 25.0 Å². The number of nitrogens with zero attached hydrogens (tertiary/aromatic N) is 1. The largest absolute Gasteiger partial charge is 0.456 e. The van der Waals surface area contributed by atoms with Gasteiger partial charge in [-0.3, -0.25) is 14.5 Å². The van der Waals surface area contributed by atoms with Crippen LogP contribution in [0.25, 0.3) is 0 Å². The second-order valence-corrected chi connectivity index (χ2v) is 14.8. The van der Waals surface area contributed by atoms with Crippen LogP contribution >= 0.6 is 23.4 Å². The summed E-state index contributed by atoms with van der Waals surface area (Å²) in [6.45, 7) is 7.01. The number of amides is 1. The summed E-state index contributed by atoms with van der Waals surface area (Å²) >= 11 is 7.82. The highest BCUT2D eigenvalue weighted by Gasteiger charge is 2.50. The smallest absolute Gasteiger partial charge is 0.306 e. The van der Waals surface area contributed by atoms with E-state index in [1.807, 2.05) is 7.05 Å². The Kier molecular flexibility index (Phi) is 19.9. The first-order valence-electron chi connectivity index (χ1n) is 17.5. The summed E-state index contributed by atoms with van der Waals surface area (Å²) in [5.41, 5.74) is -0.702. The lowest BCUT2D eigenvalue weighted by molar-refractivity contribution is -0.218. The molecule has 10 heteroatoms. The monoisotopic (exact) mass is 662 g/mol. The summed E-state index contributed by atoms with van der Waals surface area (Å²) in [6, 6.07) is -1.00. The molecule has 0 radical (unpaired) electrons. The minimum atomic E-state index is -1.38. The summed E-state index contributed by atoms with van der Waals surface area (Å²) in [5.74, 6) is -0.0742. The lowest BCUT2D eigenvalue weighted by Crippen LogP contribution is -2.65. The molecule has 258 valence electrons. The van der Waals surface area contributed by atoms with E-state index in [2.05, 4.69) is 24.1 Å². The first-order valence-corrected chi connectivity index (χ1v) is 19.2. The molecule has 2 heterocycles. The summed E-state index contributed by atoms with van der Waals surface area (Å²) in [6.07, 6.45) is 16.3. The van der Waals surface area contributed by atoms with E-state index in [0.29, 0.717) is 5.92 Å². The van der Waals surface area contributed by atoms with Crippen LogP contribution in [-0.2, 0) is 19.1 Å². The van der Waals surface area contributed by atoms with Crippen LogP contribution in [-0.4, -0.2) is 94.2 Å². The number of ether oxygens (including phenoxy) is 2. The van der Waals surface area contributed by atoms with Gasteiger partial charge in [0.25, 0.3) is 0 Å². The molecule has 2 aliphatic heterocycles. The van der Waals surface area contributed by atoms with Crippen molar-refractivity contribution in [3.05, 3.63) is 0 Å². The molecule has 0 bridgehead atoms. The third-order valence-corrected chi connectivity index (χ3v) is 10.5. The van der Waals surface area contributed by atoms with Crippen LogP contribution < -0.4 is 5.32 Å². The fraction of sp³-hybridized carbons (Fsp3) is 0.941.